The third-order valence-corrected chi connectivity index (χ3v) is 8.15. The Kier molecular flexibility index (Phi) is 6.76. The number of alkyl halides is 1. The van der Waals surface area contributed by atoms with Gasteiger partial charge in [-0.25, -0.2) is 26.3 Å². The van der Waals surface area contributed by atoms with Crippen molar-refractivity contribution >= 4 is 15.9 Å². The van der Waals surface area contributed by atoms with E-state index in [0.717, 1.165) is 4.90 Å². The van der Waals surface area contributed by atoms with Crippen molar-refractivity contribution in [3.8, 4) is 11.1 Å². The molecule has 2 aromatic rings. The standard InChI is InChI=1S/C24H27F3N2O4S/c1-2-34(32,33)28-22-19(26)14-29(23(30)24(31)10-5-11-24)20(22)13-16-7-4-9-18(21(16)27)15-6-3-8-17(25)12-15/h3-4,6-9,12,19-20,22,28,31H,2,5,10-11,13-14H2,1H3/t19-,20-,22-/m0/s1. The van der Waals surface area contributed by atoms with E-state index in [0.29, 0.717) is 12.0 Å². The van der Waals surface area contributed by atoms with Crippen LogP contribution in [0.2, 0.25) is 0 Å². The van der Waals surface area contributed by atoms with Gasteiger partial charge in [0, 0.05) is 5.56 Å². The van der Waals surface area contributed by atoms with Crippen LogP contribution in [-0.4, -0.2) is 60.5 Å². The largest absolute Gasteiger partial charge is 0.380 e. The Labute approximate surface area is 196 Å². The number of amides is 1. The molecular weight excluding hydrogens is 469 g/mol. The van der Waals surface area contributed by atoms with Crippen LogP contribution < -0.4 is 4.72 Å². The van der Waals surface area contributed by atoms with Crippen molar-refractivity contribution in [2.24, 2.45) is 0 Å². The molecule has 2 N–H and O–H groups in total. The van der Waals surface area contributed by atoms with Crippen LogP contribution in [0.15, 0.2) is 42.5 Å². The van der Waals surface area contributed by atoms with Gasteiger partial charge in [0.1, 0.15) is 23.4 Å². The molecule has 2 fully saturated rings. The molecule has 2 aromatic carbocycles. The fraction of sp³-hybridized carbons (Fsp3) is 0.458. The van der Waals surface area contributed by atoms with Gasteiger partial charge in [0.2, 0.25) is 10.0 Å². The molecule has 0 spiro atoms. The number of carbonyl (C=O) groups is 1. The zero-order valence-electron chi connectivity index (χ0n) is 18.7. The fourth-order valence-electron chi connectivity index (χ4n) is 4.62. The summed E-state index contributed by atoms with van der Waals surface area (Å²) in [5, 5.41) is 10.6. The molecule has 34 heavy (non-hydrogen) atoms. The number of benzene rings is 2. The molecule has 2 aliphatic rings. The van der Waals surface area contributed by atoms with Crippen molar-refractivity contribution in [3.63, 3.8) is 0 Å². The second-order valence-electron chi connectivity index (χ2n) is 8.97. The van der Waals surface area contributed by atoms with E-state index in [-0.39, 0.29) is 36.1 Å². The van der Waals surface area contributed by atoms with Gasteiger partial charge in [0.05, 0.1) is 24.4 Å². The van der Waals surface area contributed by atoms with Crippen molar-refractivity contribution in [2.45, 2.75) is 56.5 Å². The maximum atomic E-state index is 15.5. The highest BCUT2D eigenvalue weighted by Crippen LogP contribution is 2.37. The molecular formula is C24H27F3N2O4S. The van der Waals surface area contributed by atoms with Gasteiger partial charge < -0.3 is 10.0 Å². The van der Waals surface area contributed by atoms with Gasteiger partial charge in [-0.15, -0.1) is 0 Å². The minimum Gasteiger partial charge on any atom is -0.380 e. The van der Waals surface area contributed by atoms with Gasteiger partial charge in [0.15, 0.2) is 0 Å². The lowest BCUT2D eigenvalue weighted by Crippen LogP contribution is -2.57. The molecule has 10 heteroatoms. The quantitative estimate of drug-likeness (QED) is 0.617. The zero-order chi connectivity index (χ0) is 24.7. The normalized spacial score (nSPS) is 24.1. The molecule has 184 valence electrons. The molecule has 4 rings (SSSR count). The third kappa shape index (κ3) is 4.71. The molecule has 1 aliphatic heterocycles. The fourth-order valence-corrected chi connectivity index (χ4v) is 5.51. The summed E-state index contributed by atoms with van der Waals surface area (Å²) in [4.78, 5) is 14.2. The summed E-state index contributed by atoms with van der Waals surface area (Å²) in [5.74, 6) is -2.16. The van der Waals surface area contributed by atoms with E-state index < -0.39 is 58.0 Å². The van der Waals surface area contributed by atoms with E-state index in [9.17, 15) is 22.7 Å². The molecule has 1 saturated carbocycles. The number of likely N-dealkylation sites (tertiary alicyclic amines) is 1. The average molecular weight is 497 g/mol. The second-order valence-corrected chi connectivity index (χ2v) is 11.0. The van der Waals surface area contributed by atoms with Crippen molar-refractivity contribution < 1.29 is 31.5 Å². The molecule has 3 atom stereocenters. The first kappa shape index (κ1) is 24.7. The number of nitrogens with zero attached hydrogens (tertiary/aromatic N) is 1. The number of nitrogens with one attached hydrogen (secondary N) is 1. The van der Waals surface area contributed by atoms with Gasteiger partial charge >= 0.3 is 0 Å². The molecule has 0 bridgehead atoms. The van der Waals surface area contributed by atoms with E-state index in [2.05, 4.69) is 4.72 Å². The number of hydrogen-bond donors (Lipinski definition) is 2. The van der Waals surface area contributed by atoms with Crippen LogP contribution in [0.4, 0.5) is 13.2 Å². The molecule has 1 heterocycles. The van der Waals surface area contributed by atoms with E-state index >= 15 is 8.78 Å². The molecule has 1 saturated heterocycles. The summed E-state index contributed by atoms with van der Waals surface area (Å²) in [6.07, 6.45) is -0.792. The van der Waals surface area contributed by atoms with Crippen LogP contribution in [0.1, 0.15) is 31.7 Å². The van der Waals surface area contributed by atoms with E-state index in [1.807, 2.05) is 0 Å². The van der Waals surface area contributed by atoms with E-state index in [1.54, 1.807) is 12.1 Å². The molecule has 0 unspecified atom stereocenters. The number of carbonyl (C=O) groups excluding carboxylic acids is 1. The SMILES string of the molecule is CCS(=O)(=O)N[C@H]1[C@@H](F)CN(C(=O)C2(O)CCC2)[C@H]1Cc1cccc(-c2cccc(F)c2)c1F. The first-order valence-corrected chi connectivity index (χ1v) is 12.9. The Morgan fingerprint density at radius 2 is 1.91 bits per heavy atom. The Morgan fingerprint density at radius 3 is 2.53 bits per heavy atom. The summed E-state index contributed by atoms with van der Waals surface area (Å²) >= 11 is 0. The van der Waals surface area contributed by atoms with Gasteiger partial charge in [-0.1, -0.05) is 30.3 Å². The molecule has 6 nitrogen and oxygen atoms in total. The summed E-state index contributed by atoms with van der Waals surface area (Å²) in [7, 11) is -3.83. The van der Waals surface area contributed by atoms with Gasteiger partial charge in [0.25, 0.3) is 5.91 Å². The summed E-state index contributed by atoms with van der Waals surface area (Å²) in [6, 6.07) is 7.61. The highest BCUT2D eigenvalue weighted by Gasteiger charge is 2.52. The van der Waals surface area contributed by atoms with Crippen molar-refractivity contribution in [1.29, 1.82) is 0 Å². The molecule has 1 aliphatic carbocycles. The highest BCUT2D eigenvalue weighted by molar-refractivity contribution is 7.89. The smallest absolute Gasteiger partial charge is 0.254 e. The van der Waals surface area contributed by atoms with Crippen LogP contribution in [0.3, 0.4) is 0 Å². The topological polar surface area (TPSA) is 86.7 Å². The number of halogens is 3. The lowest BCUT2D eigenvalue weighted by atomic mass is 9.79. The van der Waals surface area contributed by atoms with Gasteiger partial charge in [-0.3, -0.25) is 4.79 Å². The van der Waals surface area contributed by atoms with Crippen LogP contribution in [0, 0.1) is 11.6 Å². The lowest BCUT2D eigenvalue weighted by Gasteiger charge is -2.40. The monoisotopic (exact) mass is 496 g/mol. The first-order chi connectivity index (χ1) is 16.0. The van der Waals surface area contributed by atoms with Crippen LogP contribution >= 0.6 is 0 Å². The minimum atomic E-state index is -3.83. The van der Waals surface area contributed by atoms with Crippen LogP contribution in [0.5, 0.6) is 0 Å². The van der Waals surface area contributed by atoms with E-state index in [4.69, 9.17) is 0 Å². The summed E-state index contributed by atoms with van der Waals surface area (Å²) in [5.41, 5.74) is -1.04. The van der Waals surface area contributed by atoms with Crippen molar-refractivity contribution in [1.82, 2.24) is 9.62 Å². The predicted octanol–water partition coefficient (Wildman–Crippen LogP) is 2.95. The summed E-state index contributed by atoms with van der Waals surface area (Å²) < 4.78 is 71.1. The Balaban J connectivity index is 1.70. The van der Waals surface area contributed by atoms with Crippen LogP contribution in [-0.2, 0) is 21.2 Å². The minimum absolute atomic E-state index is 0.125. The van der Waals surface area contributed by atoms with Crippen molar-refractivity contribution in [2.75, 3.05) is 12.3 Å². The lowest BCUT2D eigenvalue weighted by molar-refractivity contribution is -0.161. The number of sulfonamides is 1. The Hall–Kier alpha value is -2.43. The second kappa shape index (κ2) is 9.31. The van der Waals surface area contributed by atoms with Crippen molar-refractivity contribution in [3.05, 3.63) is 59.7 Å². The number of rotatable bonds is 7. The molecule has 0 aromatic heterocycles. The van der Waals surface area contributed by atoms with Gasteiger partial charge in [-0.05, 0) is 55.9 Å². The number of aliphatic hydroxyl groups is 1. The molecule has 1 amide bonds. The average Bonchev–Trinajstić information content (AvgIpc) is 3.07. The predicted molar refractivity (Wildman–Crippen MR) is 121 cm³/mol. The highest BCUT2D eigenvalue weighted by atomic mass is 32.2. The maximum absolute atomic E-state index is 15.5. The number of hydrogen-bond acceptors (Lipinski definition) is 4. The Bertz CT molecular complexity index is 1190. The van der Waals surface area contributed by atoms with Gasteiger partial charge in [-0.2, -0.15) is 0 Å². The van der Waals surface area contributed by atoms with E-state index in [1.165, 1.54) is 37.3 Å². The zero-order valence-corrected chi connectivity index (χ0v) is 19.5. The summed E-state index contributed by atoms with van der Waals surface area (Å²) in [6.45, 7) is 0.996. The first-order valence-electron chi connectivity index (χ1n) is 11.3. The third-order valence-electron chi connectivity index (χ3n) is 6.75. The maximum Gasteiger partial charge on any atom is 0.254 e. The Morgan fingerprint density at radius 1 is 1.21 bits per heavy atom. The molecule has 0 radical (unpaired) electrons. The van der Waals surface area contributed by atoms with Crippen LogP contribution in [0.25, 0.3) is 11.1 Å².